The number of esters is 1. The summed E-state index contributed by atoms with van der Waals surface area (Å²) in [6.45, 7) is 10.8. The van der Waals surface area contributed by atoms with Gasteiger partial charge in [0.2, 0.25) is 0 Å². The van der Waals surface area contributed by atoms with Crippen LogP contribution in [0.3, 0.4) is 0 Å². The zero-order valence-corrected chi connectivity index (χ0v) is 28.0. The molecule has 0 amide bonds. The molecule has 5 aromatic rings. The number of nitrogens with zero attached hydrogens (tertiary/aromatic N) is 3. The van der Waals surface area contributed by atoms with Gasteiger partial charge in [0.1, 0.15) is 18.1 Å². The normalized spacial score (nSPS) is 14.5. The second kappa shape index (κ2) is 13.7. The molecule has 0 spiro atoms. The van der Waals surface area contributed by atoms with Crippen molar-refractivity contribution in [3.05, 3.63) is 144 Å². The average Bonchev–Trinajstić information content (AvgIpc) is 3.53. The summed E-state index contributed by atoms with van der Waals surface area (Å²) in [7, 11) is 0. The number of rotatable bonds is 10. The summed E-state index contributed by atoms with van der Waals surface area (Å²) >= 11 is 1.31. The van der Waals surface area contributed by atoms with E-state index in [1.807, 2.05) is 106 Å². The Morgan fingerprint density at radius 2 is 1.57 bits per heavy atom. The Morgan fingerprint density at radius 3 is 2.26 bits per heavy atom. The van der Waals surface area contributed by atoms with E-state index < -0.39 is 12.0 Å². The number of thiazole rings is 1. The fraction of sp³-hybridized carbons (Fsp3) is 0.237. The monoisotopic (exact) mass is 647 g/mol. The first-order valence-corrected chi connectivity index (χ1v) is 16.5. The van der Waals surface area contributed by atoms with Crippen molar-refractivity contribution in [3.63, 3.8) is 0 Å². The van der Waals surface area contributed by atoms with Crippen LogP contribution in [0.25, 0.3) is 11.8 Å². The Bertz CT molecular complexity index is 2120. The molecule has 0 saturated heterocycles. The molecule has 240 valence electrons. The smallest absolute Gasteiger partial charge is 0.338 e. The van der Waals surface area contributed by atoms with Crippen LogP contribution in [0.5, 0.6) is 11.5 Å². The molecule has 0 unspecified atom stereocenters. The molecule has 0 N–H and O–H groups in total. The largest absolute Gasteiger partial charge is 0.494 e. The maximum absolute atomic E-state index is 14.1. The first kappa shape index (κ1) is 31.8. The molecular formula is C38H37N3O5S. The topological polar surface area (TPSA) is 84.0 Å². The highest BCUT2D eigenvalue weighted by molar-refractivity contribution is 7.07. The Balaban J connectivity index is 1.36. The second-order valence-electron chi connectivity index (χ2n) is 11.2. The van der Waals surface area contributed by atoms with E-state index in [0.717, 1.165) is 39.5 Å². The molecule has 8 nitrogen and oxygen atoms in total. The lowest BCUT2D eigenvalue weighted by molar-refractivity contribution is -0.139. The Labute approximate surface area is 277 Å². The third-order valence-corrected chi connectivity index (χ3v) is 9.11. The van der Waals surface area contributed by atoms with Crippen molar-refractivity contribution >= 4 is 23.4 Å². The number of benzene rings is 3. The maximum Gasteiger partial charge on any atom is 0.338 e. The van der Waals surface area contributed by atoms with Crippen molar-refractivity contribution in [3.8, 4) is 17.2 Å². The van der Waals surface area contributed by atoms with Gasteiger partial charge in [0, 0.05) is 17.1 Å². The molecule has 3 aromatic carbocycles. The van der Waals surface area contributed by atoms with Gasteiger partial charge in [-0.3, -0.25) is 9.36 Å². The van der Waals surface area contributed by atoms with Gasteiger partial charge in [0.15, 0.2) is 4.80 Å². The average molecular weight is 648 g/mol. The molecular weight excluding hydrogens is 611 g/mol. The number of fused-ring (bicyclic) bond motifs is 1. The lowest BCUT2D eigenvalue weighted by atomic mass is 9.96. The number of aryl methyl sites for hydroxylation is 1. The molecule has 47 heavy (non-hydrogen) atoms. The van der Waals surface area contributed by atoms with Gasteiger partial charge < -0.3 is 18.8 Å². The molecule has 2 aromatic heterocycles. The molecule has 1 aliphatic heterocycles. The summed E-state index contributed by atoms with van der Waals surface area (Å²) in [6, 6.07) is 27.0. The van der Waals surface area contributed by atoms with Crippen LogP contribution in [0.15, 0.2) is 106 Å². The zero-order chi connectivity index (χ0) is 33.1. The molecule has 1 aliphatic rings. The van der Waals surface area contributed by atoms with Crippen molar-refractivity contribution < 1.29 is 19.0 Å². The fourth-order valence-electron chi connectivity index (χ4n) is 5.92. The standard InChI is InChI=1S/C38H37N3O5S/c1-6-44-31-17-13-28(14-18-31)35-34(37(43)45-7-2)25(4)39-38-41(35)36(42)33(47-38)22-29-21-24(3)40(26(29)5)30-15-19-32(20-16-30)46-23-27-11-9-8-10-12-27/h8-22,35H,6-7,23H2,1-5H3/b33-22-/t35-/m0/s1. The van der Waals surface area contributed by atoms with Gasteiger partial charge in [-0.15, -0.1) is 0 Å². The summed E-state index contributed by atoms with van der Waals surface area (Å²) in [4.78, 5) is 32.6. The van der Waals surface area contributed by atoms with Crippen LogP contribution in [-0.4, -0.2) is 28.3 Å². The van der Waals surface area contributed by atoms with Gasteiger partial charge in [0.05, 0.1) is 35.1 Å². The van der Waals surface area contributed by atoms with E-state index in [1.54, 1.807) is 18.4 Å². The van der Waals surface area contributed by atoms with Gasteiger partial charge in [0.25, 0.3) is 5.56 Å². The molecule has 0 bridgehead atoms. The summed E-state index contributed by atoms with van der Waals surface area (Å²) in [5.41, 5.74) is 6.51. The molecule has 6 rings (SSSR count). The molecule has 3 heterocycles. The van der Waals surface area contributed by atoms with E-state index in [-0.39, 0.29) is 12.2 Å². The highest BCUT2D eigenvalue weighted by Gasteiger charge is 2.33. The highest BCUT2D eigenvalue weighted by Crippen LogP contribution is 2.32. The van der Waals surface area contributed by atoms with Gasteiger partial charge in [-0.1, -0.05) is 53.8 Å². The van der Waals surface area contributed by atoms with Crippen LogP contribution in [-0.2, 0) is 16.1 Å². The minimum atomic E-state index is -0.682. The van der Waals surface area contributed by atoms with Gasteiger partial charge >= 0.3 is 5.97 Å². The highest BCUT2D eigenvalue weighted by atomic mass is 32.1. The van der Waals surface area contributed by atoms with E-state index in [4.69, 9.17) is 19.2 Å². The van der Waals surface area contributed by atoms with Crippen LogP contribution in [0.4, 0.5) is 0 Å². The van der Waals surface area contributed by atoms with Crippen molar-refractivity contribution in [1.82, 2.24) is 9.13 Å². The van der Waals surface area contributed by atoms with Crippen LogP contribution in [0.2, 0.25) is 0 Å². The van der Waals surface area contributed by atoms with Gasteiger partial charge in [-0.25, -0.2) is 9.79 Å². The third-order valence-electron chi connectivity index (χ3n) is 8.12. The van der Waals surface area contributed by atoms with E-state index >= 15 is 0 Å². The Kier molecular flexibility index (Phi) is 9.26. The van der Waals surface area contributed by atoms with Crippen LogP contribution in [0, 0.1) is 13.8 Å². The number of hydrogen-bond acceptors (Lipinski definition) is 7. The fourth-order valence-corrected chi connectivity index (χ4v) is 6.96. The van der Waals surface area contributed by atoms with Crippen molar-refractivity contribution in [2.45, 2.75) is 47.3 Å². The van der Waals surface area contributed by atoms with Crippen molar-refractivity contribution in [2.24, 2.45) is 4.99 Å². The van der Waals surface area contributed by atoms with Gasteiger partial charge in [-0.2, -0.15) is 0 Å². The predicted octanol–water partition coefficient (Wildman–Crippen LogP) is 6.18. The number of carbonyl (C=O) groups is 1. The third kappa shape index (κ3) is 6.44. The number of allylic oxidation sites excluding steroid dienone is 1. The molecule has 9 heteroatoms. The van der Waals surface area contributed by atoms with E-state index in [9.17, 15) is 9.59 Å². The molecule has 1 atom stereocenters. The molecule has 0 radical (unpaired) electrons. The molecule has 0 saturated carbocycles. The van der Waals surface area contributed by atoms with Crippen molar-refractivity contribution in [1.29, 1.82) is 0 Å². The number of carbonyl (C=O) groups excluding carboxylic acids is 1. The minimum absolute atomic E-state index is 0.216. The first-order valence-electron chi connectivity index (χ1n) is 15.7. The predicted molar refractivity (Wildman–Crippen MR) is 184 cm³/mol. The van der Waals surface area contributed by atoms with E-state index in [0.29, 0.717) is 39.6 Å². The summed E-state index contributed by atoms with van der Waals surface area (Å²) in [6.07, 6.45) is 1.92. The van der Waals surface area contributed by atoms with E-state index in [2.05, 4.69) is 10.6 Å². The lowest BCUT2D eigenvalue weighted by Crippen LogP contribution is -2.39. The number of aromatic nitrogens is 2. The molecule has 0 aliphatic carbocycles. The van der Waals surface area contributed by atoms with E-state index in [1.165, 1.54) is 11.3 Å². The molecule has 0 fully saturated rings. The quantitative estimate of drug-likeness (QED) is 0.169. The van der Waals surface area contributed by atoms with Crippen LogP contribution >= 0.6 is 11.3 Å². The maximum atomic E-state index is 14.1. The first-order chi connectivity index (χ1) is 22.8. The SMILES string of the molecule is CCOC(=O)C1=C(C)N=c2s/c(=C\c3cc(C)n(-c4ccc(OCc5ccccc5)cc4)c3C)c(=O)n2[C@H]1c1ccc(OCC)cc1. The Morgan fingerprint density at radius 1 is 0.894 bits per heavy atom. The summed E-state index contributed by atoms with van der Waals surface area (Å²) < 4.78 is 21.3. The second-order valence-corrected chi connectivity index (χ2v) is 12.2. The minimum Gasteiger partial charge on any atom is -0.494 e. The zero-order valence-electron chi connectivity index (χ0n) is 27.2. The van der Waals surface area contributed by atoms with Crippen LogP contribution in [0.1, 0.15) is 54.9 Å². The van der Waals surface area contributed by atoms with Crippen LogP contribution < -0.4 is 24.4 Å². The van der Waals surface area contributed by atoms with Crippen molar-refractivity contribution in [2.75, 3.05) is 13.2 Å². The Hall–Kier alpha value is -5.15. The lowest BCUT2D eigenvalue weighted by Gasteiger charge is -2.24. The summed E-state index contributed by atoms with van der Waals surface area (Å²) in [5.74, 6) is 1.02. The number of ether oxygens (including phenoxy) is 3. The van der Waals surface area contributed by atoms with Gasteiger partial charge in [-0.05, 0) is 99.8 Å². The number of hydrogen-bond donors (Lipinski definition) is 0. The summed E-state index contributed by atoms with van der Waals surface area (Å²) in [5, 5.41) is 0.